The number of imidazole rings is 1. The molecule has 0 radical (unpaired) electrons. The summed E-state index contributed by atoms with van der Waals surface area (Å²) in [5.41, 5.74) is 5.19. The van der Waals surface area contributed by atoms with Gasteiger partial charge in [0.05, 0.1) is 42.4 Å². The molecule has 0 aliphatic carbocycles. The van der Waals surface area contributed by atoms with Crippen LogP contribution >= 0.6 is 0 Å². The SMILES string of the molecule is C=C1C[C@H]2C=Nc3cc(OCCCC(=O)Nc4cn(C)c(C(=O)Nc5cc(C(=O)Nc6cc(C(=O)N7CCc8cc(C(=O)NCCCO)ccc87)n(C)c6)n(C)c5)n4)c(OC)cc3C(=O)N2C1. The molecule has 0 saturated carbocycles. The molecule has 3 aliphatic rings. The molecule has 6 heterocycles. The number of aromatic nitrogens is 4. The Morgan fingerprint density at radius 2 is 1.61 bits per heavy atom. The number of benzene rings is 2. The lowest BCUT2D eigenvalue weighted by Gasteiger charge is -2.20. The normalized spacial score (nSPS) is 14.9. The molecule has 20 nitrogen and oxygen atoms in total. The van der Waals surface area contributed by atoms with Crippen LogP contribution in [0.2, 0.25) is 0 Å². The standard InChI is InChI=1S/C47H51N11O9/c1-27-16-32-22-49-34-21-39(38(66-5)20-33(34)46(64)58(32)23-27)67-15-6-8-41(60)52-40-26-56(4)42(53-40)45(63)51-30-18-36(54(2)24-30)44(62)50-31-19-37(55(3)25-31)47(65)57-13-11-28-17-29(9-10-35(28)57)43(61)48-12-7-14-59/h9-10,17-22,24-26,32,59H,1,6-8,11-16,23H2,2-5H3,(H,48,61)(H,50,62)(H,51,63)(H,52,60)/t32-/m0/s1. The lowest BCUT2D eigenvalue weighted by Crippen LogP contribution is -2.35. The number of nitrogens with one attached hydrogen (secondary N) is 4. The predicted octanol–water partition coefficient (Wildman–Crippen LogP) is 4.21. The average molecular weight is 914 g/mol. The summed E-state index contributed by atoms with van der Waals surface area (Å²) in [6.07, 6.45) is 8.59. The molecule has 20 heteroatoms. The van der Waals surface area contributed by atoms with Crippen LogP contribution in [0.15, 0.2) is 78.2 Å². The first-order valence-electron chi connectivity index (χ1n) is 21.7. The van der Waals surface area contributed by atoms with Gasteiger partial charge in [0.1, 0.15) is 11.4 Å². The van der Waals surface area contributed by atoms with E-state index >= 15 is 0 Å². The van der Waals surface area contributed by atoms with Gasteiger partial charge in [0.2, 0.25) is 11.7 Å². The fourth-order valence-corrected chi connectivity index (χ4v) is 8.32. The Kier molecular flexibility index (Phi) is 13.1. The molecule has 3 aliphatic heterocycles. The summed E-state index contributed by atoms with van der Waals surface area (Å²) in [5.74, 6) is -1.12. The Morgan fingerprint density at radius 3 is 2.37 bits per heavy atom. The van der Waals surface area contributed by atoms with Crippen molar-refractivity contribution in [3.8, 4) is 11.5 Å². The quantitative estimate of drug-likeness (QED) is 0.0699. The minimum Gasteiger partial charge on any atom is -0.493 e. The number of aliphatic hydroxyl groups is 1. The first-order chi connectivity index (χ1) is 32.2. The third kappa shape index (κ3) is 9.69. The maximum Gasteiger partial charge on any atom is 0.291 e. The van der Waals surface area contributed by atoms with Crippen LogP contribution in [0.4, 0.5) is 28.6 Å². The van der Waals surface area contributed by atoms with Crippen molar-refractivity contribution in [2.24, 2.45) is 26.1 Å². The molecule has 0 spiro atoms. The van der Waals surface area contributed by atoms with Crippen molar-refractivity contribution >= 4 is 70.2 Å². The number of hydrogen-bond acceptors (Lipinski definition) is 11. The van der Waals surface area contributed by atoms with Gasteiger partial charge in [-0.1, -0.05) is 12.2 Å². The molecule has 0 bridgehead atoms. The molecule has 67 heavy (non-hydrogen) atoms. The number of carbonyl (C=O) groups excluding carboxylic acids is 6. The van der Waals surface area contributed by atoms with Gasteiger partial charge in [-0.05, 0) is 67.6 Å². The minimum absolute atomic E-state index is 0.0117. The van der Waals surface area contributed by atoms with E-state index in [1.54, 1.807) is 95.1 Å². The van der Waals surface area contributed by atoms with Crippen molar-refractivity contribution in [2.75, 3.05) is 60.8 Å². The topological polar surface area (TPSA) is 236 Å². The lowest BCUT2D eigenvalue weighted by atomic mass is 10.1. The van der Waals surface area contributed by atoms with E-state index in [0.717, 1.165) is 11.1 Å². The smallest absolute Gasteiger partial charge is 0.291 e. The van der Waals surface area contributed by atoms with Gasteiger partial charge in [-0.15, -0.1) is 0 Å². The Balaban J connectivity index is 0.821. The van der Waals surface area contributed by atoms with E-state index in [0.29, 0.717) is 96.4 Å². The van der Waals surface area contributed by atoms with Gasteiger partial charge in [0.25, 0.3) is 29.5 Å². The summed E-state index contributed by atoms with van der Waals surface area (Å²) in [7, 11) is 6.46. The van der Waals surface area contributed by atoms with E-state index in [1.165, 1.54) is 23.9 Å². The Hall–Kier alpha value is -8.00. The Labute approximate surface area is 385 Å². The Bertz CT molecular complexity index is 2850. The van der Waals surface area contributed by atoms with Gasteiger partial charge in [-0.2, -0.15) is 0 Å². The van der Waals surface area contributed by atoms with Crippen LogP contribution in [-0.2, 0) is 32.4 Å². The summed E-state index contributed by atoms with van der Waals surface area (Å²) in [4.78, 5) is 91.5. The summed E-state index contributed by atoms with van der Waals surface area (Å²) in [6.45, 7) is 5.43. The molecule has 3 aromatic heterocycles. The molecule has 5 aromatic rings. The fourth-order valence-electron chi connectivity index (χ4n) is 8.32. The summed E-state index contributed by atoms with van der Waals surface area (Å²) in [6, 6.07) is 11.4. The van der Waals surface area contributed by atoms with Gasteiger partial charge in [-0.25, -0.2) is 4.98 Å². The molecule has 348 valence electrons. The molecular weight excluding hydrogens is 863 g/mol. The highest BCUT2D eigenvalue weighted by Gasteiger charge is 2.34. The predicted molar refractivity (Wildman–Crippen MR) is 249 cm³/mol. The zero-order valence-corrected chi connectivity index (χ0v) is 37.6. The van der Waals surface area contributed by atoms with Gasteiger partial charge in [0.15, 0.2) is 17.3 Å². The van der Waals surface area contributed by atoms with Gasteiger partial charge < -0.3 is 59.3 Å². The van der Waals surface area contributed by atoms with Gasteiger partial charge in [-0.3, -0.25) is 33.8 Å². The van der Waals surface area contributed by atoms with Crippen LogP contribution in [0, 0.1) is 0 Å². The molecule has 5 N–H and O–H groups in total. The molecule has 6 amide bonds. The van der Waals surface area contributed by atoms with Crippen molar-refractivity contribution in [1.29, 1.82) is 0 Å². The number of amides is 6. The highest BCUT2D eigenvalue weighted by molar-refractivity contribution is 6.10. The second-order valence-electron chi connectivity index (χ2n) is 16.6. The van der Waals surface area contributed by atoms with Gasteiger partial charge in [0, 0.05) is 95.9 Å². The van der Waals surface area contributed by atoms with Gasteiger partial charge >= 0.3 is 0 Å². The first kappa shape index (κ1) is 45.6. The Morgan fingerprint density at radius 1 is 0.866 bits per heavy atom. The number of rotatable bonds is 16. The monoisotopic (exact) mass is 913 g/mol. The molecule has 1 saturated heterocycles. The molecule has 8 rings (SSSR count). The number of anilines is 4. The molecule has 1 atom stereocenters. The van der Waals surface area contributed by atoms with Crippen LogP contribution in [-0.4, -0.2) is 116 Å². The summed E-state index contributed by atoms with van der Waals surface area (Å²) >= 11 is 0. The largest absolute Gasteiger partial charge is 0.493 e. The number of nitrogens with zero attached hydrogens (tertiary/aromatic N) is 7. The fraction of sp³-hybridized carbons (Fsp3) is 0.319. The average Bonchev–Trinajstić information content (AvgIpc) is 4.13. The van der Waals surface area contributed by atoms with E-state index in [4.69, 9.17) is 14.6 Å². The number of hydrogen-bond donors (Lipinski definition) is 5. The van der Waals surface area contributed by atoms with E-state index in [2.05, 4.69) is 37.8 Å². The highest BCUT2D eigenvalue weighted by Crippen LogP contribution is 2.39. The van der Waals surface area contributed by atoms with E-state index in [9.17, 15) is 28.8 Å². The van der Waals surface area contributed by atoms with E-state index in [1.807, 2.05) is 0 Å². The maximum absolute atomic E-state index is 13.7. The van der Waals surface area contributed by atoms with Crippen LogP contribution < -0.4 is 35.6 Å². The number of ether oxygens (including phenoxy) is 2. The van der Waals surface area contributed by atoms with Crippen LogP contribution in [0.5, 0.6) is 11.5 Å². The van der Waals surface area contributed by atoms with Crippen molar-refractivity contribution in [3.63, 3.8) is 0 Å². The number of carbonyl (C=O) groups is 6. The molecule has 2 aromatic carbocycles. The van der Waals surface area contributed by atoms with E-state index < -0.39 is 11.8 Å². The number of aliphatic hydroxyl groups excluding tert-OH is 1. The van der Waals surface area contributed by atoms with Crippen molar-refractivity contribution in [1.82, 2.24) is 28.9 Å². The third-order valence-electron chi connectivity index (χ3n) is 11.7. The number of aryl methyl sites for hydroxylation is 3. The zero-order chi connectivity index (χ0) is 47.5. The third-order valence-corrected chi connectivity index (χ3v) is 11.7. The maximum atomic E-state index is 13.7. The van der Waals surface area contributed by atoms with Crippen LogP contribution in [0.1, 0.15) is 83.6 Å². The van der Waals surface area contributed by atoms with Crippen molar-refractivity contribution < 1.29 is 43.3 Å². The van der Waals surface area contributed by atoms with E-state index in [-0.39, 0.29) is 66.6 Å². The summed E-state index contributed by atoms with van der Waals surface area (Å²) < 4.78 is 16.1. The van der Waals surface area contributed by atoms with Crippen LogP contribution in [0.3, 0.4) is 0 Å². The number of methoxy groups -OCH3 is 1. The lowest BCUT2D eigenvalue weighted by molar-refractivity contribution is -0.116. The molecule has 1 fully saturated rings. The summed E-state index contributed by atoms with van der Waals surface area (Å²) in [5, 5.41) is 20.1. The minimum atomic E-state index is -0.576. The number of fused-ring (bicyclic) bond motifs is 3. The second kappa shape index (κ2) is 19.2. The number of aliphatic imine (C=N–C) groups is 1. The zero-order valence-electron chi connectivity index (χ0n) is 37.6. The van der Waals surface area contributed by atoms with Crippen LogP contribution in [0.25, 0.3) is 0 Å². The molecular formula is C47H51N11O9. The second-order valence-corrected chi connectivity index (χ2v) is 16.6. The van der Waals surface area contributed by atoms with Crippen molar-refractivity contribution in [2.45, 2.75) is 38.1 Å². The first-order valence-corrected chi connectivity index (χ1v) is 21.7. The molecule has 0 unspecified atom stereocenters. The highest BCUT2D eigenvalue weighted by atomic mass is 16.5. The van der Waals surface area contributed by atoms with Crippen molar-refractivity contribution in [3.05, 3.63) is 107 Å².